The van der Waals surface area contributed by atoms with Crippen molar-refractivity contribution in [2.24, 2.45) is 5.92 Å². The van der Waals surface area contributed by atoms with Crippen LogP contribution in [-0.2, 0) is 4.79 Å². The lowest BCUT2D eigenvalue weighted by Crippen LogP contribution is -2.37. The highest BCUT2D eigenvalue weighted by molar-refractivity contribution is 5.81. The molecule has 176 valence electrons. The molecule has 1 aliphatic carbocycles. The van der Waals surface area contributed by atoms with Gasteiger partial charge in [0.25, 0.3) is 11.8 Å². The van der Waals surface area contributed by atoms with E-state index in [-0.39, 0.29) is 42.5 Å². The van der Waals surface area contributed by atoms with Crippen molar-refractivity contribution in [3.63, 3.8) is 0 Å². The Labute approximate surface area is 189 Å². The monoisotopic (exact) mass is 462 g/mol. The molecule has 0 saturated heterocycles. The Hall–Kier alpha value is -3.50. The molecule has 0 bridgehead atoms. The molecule has 2 aromatic heterocycles. The van der Waals surface area contributed by atoms with Crippen molar-refractivity contribution >= 4 is 11.9 Å². The molecule has 0 radical (unpaired) electrons. The standard InChI is InChI=1S/C21H21F3N6O2.CH4/c1-2-30(20(31)13-3-4-13)11-16(12-5-7-15(22)8-6-12)27-21-25-9-14(10-26-21)18-28-29-19(32-18)17(23)24;/h5-10,13,16-17H,2-4,11H2,1H3,(H,25,26,27);1H4. The smallest absolute Gasteiger partial charge is 0.314 e. The summed E-state index contributed by atoms with van der Waals surface area (Å²) in [6, 6.07) is 5.59. The van der Waals surface area contributed by atoms with Gasteiger partial charge in [0, 0.05) is 31.4 Å². The third kappa shape index (κ3) is 5.85. The third-order valence-electron chi connectivity index (χ3n) is 5.12. The van der Waals surface area contributed by atoms with E-state index >= 15 is 0 Å². The number of nitrogens with zero attached hydrogens (tertiary/aromatic N) is 5. The van der Waals surface area contributed by atoms with Crippen molar-refractivity contribution in [1.82, 2.24) is 25.1 Å². The van der Waals surface area contributed by atoms with Gasteiger partial charge >= 0.3 is 6.43 Å². The number of benzene rings is 1. The van der Waals surface area contributed by atoms with Crippen LogP contribution in [0.1, 0.15) is 51.1 Å². The molecule has 1 amide bonds. The summed E-state index contributed by atoms with van der Waals surface area (Å²) >= 11 is 0. The molecule has 1 N–H and O–H groups in total. The molecule has 0 spiro atoms. The van der Waals surface area contributed by atoms with Crippen LogP contribution in [0.5, 0.6) is 0 Å². The fraction of sp³-hybridized carbons (Fsp3) is 0.409. The number of hydrogen-bond acceptors (Lipinski definition) is 7. The van der Waals surface area contributed by atoms with Crippen molar-refractivity contribution in [1.29, 1.82) is 0 Å². The van der Waals surface area contributed by atoms with Crippen LogP contribution in [-0.4, -0.2) is 44.1 Å². The van der Waals surface area contributed by atoms with E-state index in [9.17, 15) is 18.0 Å². The quantitative estimate of drug-likeness (QED) is 0.494. The number of halogens is 3. The molecule has 1 aromatic carbocycles. The highest BCUT2D eigenvalue weighted by atomic mass is 19.3. The van der Waals surface area contributed by atoms with E-state index < -0.39 is 18.4 Å². The van der Waals surface area contributed by atoms with Gasteiger partial charge in [-0.2, -0.15) is 8.78 Å². The number of hydrogen-bond donors (Lipinski definition) is 1. The lowest BCUT2D eigenvalue weighted by Gasteiger charge is -2.28. The molecule has 1 saturated carbocycles. The molecule has 4 rings (SSSR count). The molecule has 8 nitrogen and oxygen atoms in total. The number of carbonyl (C=O) groups excluding carboxylic acids is 1. The van der Waals surface area contributed by atoms with Crippen molar-refractivity contribution in [3.05, 3.63) is 53.9 Å². The minimum Gasteiger partial charge on any atom is -0.415 e. The van der Waals surface area contributed by atoms with Gasteiger partial charge in [-0.1, -0.05) is 19.6 Å². The number of anilines is 1. The number of likely N-dealkylation sites (N-methyl/N-ethyl adjacent to an activating group) is 1. The van der Waals surface area contributed by atoms with Gasteiger partial charge in [0.2, 0.25) is 11.9 Å². The number of alkyl halides is 2. The molecule has 11 heteroatoms. The van der Waals surface area contributed by atoms with Crippen molar-refractivity contribution in [3.8, 4) is 11.5 Å². The van der Waals surface area contributed by atoms with E-state index in [2.05, 4.69) is 25.5 Å². The summed E-state index contributed by atoms with van der Waals surface area (Å²) in [6.07, 6.45) is 1.67. The van der Waals surface area contributed by atoms with E-state index in [1.165, 1.54) is 24.5 Å². The zero-order chi connectivity index (χ0) is 22.7. The number of aromatic nitrogens is 4. The van der Waals surface area contributed by atoms with Gasteiger partial charge in [0.15, 0.2) is 0 Å². The first kappa shape index (κ1) is 24.1. The van der Waals surface area contributed by atoms with E-state index in [1.54, 1.807) is 17.0 Å². The first-order valence-corrected chi connectivity index (χ1v) is 10.2. The van der Waals surface area contributed by atoms with Crippen LogP contribution >= 0.6 is 0 Å². The van der Waals surface area contributed by atoms with Gasteiger partial charge in [-0.3, -0.25) is 4.79 Å². The average molecular weight is 462 g/mol. The summed E-state index contributed by atoms with van der Waals surface area (Å²) < 4.78 is 43.6. The van der Waals surface area contributed by atoms with Gasteiger partial charge in [-0.05, 0) is 37.5 Å². The molecule has 0 aliphatic heterocycles. The van der Waals surface area contributed by atoms with E-state index in [4.69, 9.17) is 4.42 Å². The third-order valence-corrected chi connectivity index (χ3v) is 5.12. The Balaban J connectivity index is 0.00000306. The van der Waals surface area contributed by atoms with Gasteiger partial charge in [0.05, 0.1) is 11.6 Å². The SMILES string of the molecule is C.CCN(CC(Nc1ncc(-c2nnc(C(F)F)o2)cn1)c1ccc(F)cc1)C(=O)C1CC1. The second-order valence-electron chi connectivity index (χ2n) is 7.44. The Morgan fingerprint density at radius 3 is 2.39 bits per heavy atom. The largest absolute Gasteiger partial charge is 0.415 e. The van der Waals surface area contributed by atoms with Gasteiger partial charge in [0.1, 0.15) is 5.82 Å². The minimum absolute atomic E-state index is 0. The van der Waals surface area contributed by atoms with Crippen LogP contribution in [0.15, 0.2) is 41.1 Å². The van der Waals surface area contributed by atoms with Crippen molar-refractivity contribution < 1.29 is 22.4 Å². The number of nitrogens with one attached hydrogen (secondary N) is 1. The molecule has 1 aliphatic rings. The van der Waals surface area contributed by atoms with Crippen LogP contribution in [0.4, 0.5) is 19.1 Å². The summed E-state index contributed by atoms with van der Waals surface area (Å²) in [7, 11) is 0. The second-order valence-corrected chi connectivity index (χ2v) is 7.44. The highest BCUT2D eigenvalue weighted by Gasteiger charge is 2.34. The van der Waals surface area contributed by atoms with Gasteiger partial charge < -0.3 is 14.6 Å². The van der Waals surface area contributed by atoms with Crippen LogP contribution < -0.4 is 5.32 Å². The second kappa shape index (κ2) is 10.4. The molecular formula is C22H25F3N6O2. The molecule has 3 aromatic rings. The van der Waals surface area contributed by atoms with Crippen LogP contribution in [0.25, 0.3) is 11.5 Å². The predicted octanol–water partition coefficient (Wildman–Crippen LogP) is 4.65. The number of carbonyl (C=O) groups is 1. The average Bonchev–Trinajstić information content (AvgIpc) is 3.53. The van der Waals surface area contributed by atoms with Crippen molar-refractivity contribution in [2.75, 3.05) is 18.4 Å². The lowest BCUT2D eigenvalue weighted by atomic mass is 10.1. The minimum atomic E-state index is -2.87. The van der Waals surface area contributed by atoms with Gasteiger partial charge in [-0.15, -0.1) is 10.2 Å². The predicted molar refractivity (Wildman–Crippen MR) is 115 cm³/mol. The normalized spacial score (nSPS) is 14.0. The first-order valence-electron chi connectivity index (χ1n) is 10.2. The fourth-order valence-corrected chi connectivity index (χ4v) is 3.22. The zero-order valence-corrected chi connectivity index (χ0v) is 17.2. The Morgan fingerprint density at radius 1 is 1.18 bits per heavy atom. The van der Waals surface area contributed by atoms with Crippen LogP contribution in [0.3, 0.4) is 0 Å². The lowest BCUT2D eigenvalue weighted by molar-refractivity contribution is -0.132. The molecule has 1 fully saturated rings. The number of rotatable bonds is 9. The summed E-state index contributed by atoms with van der Waals surface area (Å²) in [5.74, 6) is -0.840. The van der Waals surface area contributed by atoms with Gasteiger partial charge in [-0.25, -0.2) is 14.4 Å². The molecule has 33 heavy (non-hydrogen) atoms. The highest BCUT2D eigenvalue weighted by Crippen LogP contribution is 2.32. The summed E-state index contributed by atoms with van der Waals surface area (Å²) in [6.45, 7) is 2.80. The Bertz CT molecular complexity index is 1050. The van der Waals surface area contributed by atoms with E-state index in [1.807, 2.05) is 6.92 Å². The maximum atomic E-state index is 13.4. The Kier molecular flexibility index (Phi) is 7.62. The van der Waals surface area contributed by atoms with Crippen LogP contribution in [0.2, 0.25) is 0 Å². The molecule has 1 atom stereocenters. The van der Waals surface area contributed by atoms with Crippen molar-refractivity contribution in [2.45, 2.75) is 39.7 Å². The zero-order valence-electron chi connectivity index (χ0n) is 17.2. The maximum Gasteiger partial charge on any atom is 0.314 e. The summed E-state index contributed by atoms with van der Waals surface area (Å²) in [5.41, 5.74) is 1.05. The first-order chi connectivity index (χ1) is 15.4. The van der Waals surface area contributed by atoms with Crippen LogP contribution in [0, 0.1) is 11.7 Å². The van der Waals surface area contributed by atoms with E-state index in [0.29, 0.717) is 13.1 Å². The molecule has 2 heterocycles. The number of amides is 1. The molecular weight excluding hydrogens is 437 g/mol. The topological polar surface area (TPSA) is 97.0 Å². The van der Waals surface area contributed by atoms with E-state index in [0.717, 1.165) is 18.4 Å². The Morgan fingerprint density at radius 2 is 1.85 bits per heavy atom. The molecule has 1 unspecified atom stereocenters. The summed E-state index contributed by atoms with van der Waals surface area (Å²) in [5, 5.41) is 10.0. The fourth-order valence-electron chi connectivity index (χ4n) is 3.22. The maximum absolute atomic E-state index is 13.4. The summed E-state index contributed by atoms with van der Waals surface area (Å²) in [4.78, 5) is 22.8.